The van der Waals surface area contributed by atoms with Gasteiger partial charge in [0.1, 0.15) is 0 Å². The van der Waals surface area contributed by atoms with Crippen molar-refractivity contribution in [1.82, 2.24) is 0 Å². The molecular weight excluding hydrogens is 292 g/mol. The van der Waals surface area contributed by atoms with Crippen LogP contribution in [0.15, 0.2) is 0 Å². The first-order chi connectivity index (χ1) is 10.7. The van der Waals surface area contributed by atoms with Crippen LogP contribution in [0.3, 0.4) is 0 Å². The molecule has 1 fully saturated rings. The summed E-state index contributed by atoms with van der Waals surface area (Å²) in [6.07, 6.45) is 4.13. The number of hydrogen-bond donors (Lipinski definition) is 0. The minimum Gasteiger partial charge on any atom is -0.378 e. The fourth-order valence-corrected chi connectivity index (χ4v) is 5.38. The van der Waals surface area contributed by atoms with Crippen LogP contribution in [-0.4, -0.2) is 12.7 Å². The zero-order chi connectivity index (χ0) is 18.9. The summed E-state index contributed by atoms with van der Waals surface area (Å²) in [5.41, 5.74) is 1.07. The third kappa shape index (κ3) is 5.23. The molecule has 0 radical (unpaired) electrons. The maximum Gasteiger partial charge on any atom is 0.0580 e. The topological polar surface area (TPSA) is 9.23 Å². The van der Waals surface area contributed by atoms with E-state index in [9.17, 15) is 0 Å². The summed E-state index contributed by atoms with van der Waals surface area (Å²) in [4.78, 5) is 0. The van der Waals surface area contributed by atoms with Crippen molar-refractivity contribution in [1.29, 1.82) is 0 Å². The SMILES string of the molecule is CC(C)C(C(C)CC1CC(C(C)(C)C(C)(C)C)CCO1)C(C)(C)C. The van der Waals surface area contributed by atoms with E-state index in [1.54, 1.807) is 0 Å². The second-order valence-corrected chi connectivity index (χ2v) is 11.5. The van der Waals surface area contributed by atoms with Gasteiger partial charge in [-0.1, -0.05) is 76.2 Å². The van der Waals surface area contributed by atoms with Gasteiger partial charge in [0.25, 0.3) is 0 Å². The van der Waals surface area contributed by atoms with Crippen molar-refractivity contribution in [2.45, 2.75) is 102 Å². The monoisotopic (exact) mass is 338 g/mol. The van der Waals surface area contributed by atoms with Crippen molar-refractivity contribution in [3.05, 3.63) is 0 Å². The Bertz CT molecular complexity index is 380. The Labute approximate surface area is 153 Å². The minimum atomic E-state index is 0.344. The summed E-state index contributed by atoms with van der Waals surface area (Å²) < 4.78 is 6.23. The zero-order valence-electron chi connectivity index (χ0n) is 18.6. The summed E-state index contributed by atoms with van der Waals surface area (Å²) in [5.74, 6) is 2.96. The second-order valence-electron chi connectivity index (χ2n) is 11.5. The molecule has 24 heavy (non-hydrogen) atoms. The molecule has 0 aromatic heterocycles. The van der Waals surface area contributed by atoms with Gasteiger partial charge in [-0.05, 0) is 59.2 Å². The highest BCUT2D eigenvalue weighted by molar-refractivity contribution is 4.92. The van der Waals surface area contributed by atoms with E-state index in [0.717, 1.165) is 24.4 Å². The summed E-state index contributed by atoms with van der Waals surface area (Å²) in [5, 5.41) is 0. The molecule has 1 heterocycles. The van der Waals surface area contributed by atoms with Crippen molar-refractivity contribution in [3.8, 4) is 0 Å². The van der Waals surface area contributed by atoms with Gasteiger partial charge in [0.15, 0.2) is 0 Å². The predicted molar refractivity (Wildman–Crippen MR) is 107 cm³/mol. The standard InChI is InChI=1S/C23H46O/c1-16(2)20(21(4,5)6)17(3)14-19-15-18(12-13-24-19)23(10,11)22(7,8)9/h16-20H,12-15H2,1-11H3. The lowest BCUT2D eigenvalue weighted by Gasteiger charge is -2.49. The van der Waals surface area contributed by atoms with Gasteiger partial charge in [-0.3, -0.25) is 0 Å². The minimum absolute atomic E-state index is 0.344. The second kappa shape index (κ2) is 7.68. The molecule has 0 saturated carbocycles. The molecule has 4 atom stereocenters. The third-order valence-corrected chi connectivity index (χ3v) is 7.29. The molecule has 1 saturated heterocycles. The van der Waals surface area contributed by atoms with Crippen LogP contribution in [-0.2, 0) is 4.74 Å². The highest BCUT2D eigenvalue weighted by Gasteiger charge is 2.43. The van der Waals surface area contributed by atoms with Crippen LogP contribution >= 0.6 is 0 Å². The van der Waals surface area contributed by atoms with Crippen LogP contribution in [0.2, 0.25) is 0 Å². The van der Waals surface area contributed by atoms with Gasteiger partial charge in [-0.2, -0.15) is 0 Å². The van der Waals surface area contributed by atoms with Gasteiger partial charge in [0.05, 0.1) is 6.10 Å². The van der Waals surface area contributed by atoms with Crippen LogP contribution in [0.25, 0.3) is 0 Å². The smallest absolute Gasteiger partial charge is 0.0580 e. The summed E-state index contributed by atoms with van der Waals surface area (Å²) in [6.45, 7) is 27.5. The molecule has 1 heteroatoms. The highest BCUT2D eigenvalue weighted by atomic mass is 16.5. The normalized spacial score (nSPS) is 26.5. The molecule has 144 valence electrons. The van der Waals surface area contributed by atoms with Crippen molar-refractivity contribution in [3.63, 3.8) is 0 Å². The summed E-state index contributed by atoms with van der Waals surface area (Å²) in [6, 6.07) is 0. The molecule has 0 aromatic carbocycles. The Morgan fingerprint density at radius 3 is 1.88 bits per heavy atom. The van der Waals surface area contributed by atoms with Crippen LogP contribution in [0.1, 0.15) is 95.4 Å². The molecule has 1 nitrogen and oxygen atoms in total. The Morgan fingerprint density at radius 2 is 1.46 bits per heavy atom. The molecule has 0 aliphatic carbocycles. The van der Waals surface area contributed by atoms with Crippen LogP contribution in [0.4, 0.5) is 0 Å². The van der Waals surface area contributed by atoms with Crippen molar-refractivity contribution in [2.24, 2.45) is 39.9 Å². The quantitative estimate of drug-likeness (QED) is 0.515. The Balaban J connectivity index is 2.79. The lowest BCUT2D eigenvalue weighted by Crippen LogP contribution is -2.43. The average molecular weight is 339 g/mol. The fourth-order valence-electron chi connectivity index (χ4n) is 5.38. The van der Waals surface area contributed by atoms with Gasteiger partial charge in [-0.25, -0.2) is 0 Å². The molecular formula is C23H46O. The van der Waals surface area contributed by atoms with E-state index in [4.69, 9.17) is 4.74 Å². The van der Waals surface area contributed by atoms with E-state index in [1.807, 2.05) is 0 Å². The molecule has 1 rings (SSSR count). The first kappa shape index (κ1) is 22.0. The summed E-state index contributed by atoms with van der Waals surface area (Å²) in [7, 11) is 0. The Kier molecular flexibility index (Phi) is 7.04. The molecule has 1 aliphatic rings. The lowest BCUT2D eigenvalue weighted by atomic mass is 9.59. The number of rotatable bonds is 5. The maximum absolute atomic E-state index is 6.23. The molecule has 0 amide bonds. The molecule has 0 N–H and O–H groups in total. The number of hydrogen-bond acceptors (Lipinski definition) is 1. The van der Waals surface area contributed by atoms with Gasteiger partial charge in [0.2, 0.25) is 0 Å². The fraction of sp³-hybridized carbons (Fsp3) is 1.00. The Morgan fingerprint density at radius 1 is 0.917 bits per heavy atom. The lowest BCUT2D eigenvalue weighted by molar-refractivity contribution is -0.0792. The van der Waals surface area contributed by atoms with Crippen LogP contribution in [0.5, 0.6) is 0 Å². The van der Waals surface area contributed by atoms with E-state index in [-0.39, 0.29) is 0 Å². The molecule has 0 spiro atoms. The molecule has 0 bridgehead atoms. The molecule has 4 unspecified atom stereocenters. The zero-order valence-corrected chi connectivity index (χ0v) is 18.6. The van der Waals surface area contributed by atoms with E-state index in [2.05, 4.69) is 76.2 Å². The van der Waals surface area contributed by atoms with E-state index in [0.29, 0.717) is 28.3 Å². The van der Waals surface area contributed by atoms with Gasteiger partial charge < -0.3 is 4.74 Å². The first-order valence-corrected chi connectivity index (χ1v) is 10.3. The highest BCUT2D eigenvalue weighted by Crippen LogP contribution is 2.49. The molecule has 0 aromatic rings. The van der Waals surface area contributed by atoms with E-state index < -0.39 is 0 Å². The largest absolute Gasteiger partial charge is 0.378 e. The first-order valence-electron chi connectivity index (χ1n) is 10.3. The maximum atomic E-state index is 6.23. The Hall–Kier alpha value is -0.0400. The van der Waals surface area contributed by atoms with Gasteiger partial charge >= 0.3 is 0 Å². The van der Waals surface area contributed by atoms with Crippen molar-refractivity contribution < 1.29 is 4.74 Å². The summed E-state index contributed by atoms with van der Waals surface area (Å²) >= 11 is 0. The predicted octanol–water partition coefficient (Wildman–Crippen LogP) is 7.20. The van der Waals surface area contributed by atoms with Crippen molar-refractivity contribution in [2.75, 3.05) is 6.61 Å². The number of ether oxygens (including phenoxy) is 1. The van der Waals surface area contributed by atoms with Gasteiger partial charge in [-0.15, -0.1) is 0 Å². The van der Waals surface area contributed by atoms with Crippen molar-refractivity contribution >= 4 is 0 Å². The van der Waals surface area contributed by atoms with Gasteiger partial charge in [0, 0.05) is 6.61 Å². The third-order valence-electron chi connectivity index (χ3n) is 7.29. The molecule has 1 aliphatic heterocycles. The van der Waals surface area contributed by atoms with E-state index in [1.165, 1.54) is 19.3 Å². The average Bonchev–Trinajstić information content (AvgIpc) is 2.35. The van der Waals surface area contributed by atoms with E-state index >= 15 is 0 Å². The van der Waals surface area contributed by atoms with Crippen LogP contribution in [0, 0.1) is 39.9 Å². The van der Waals surface area contributed by atoms with Crippen LogP contribution < -0.4 is 0 Å².